The monoisotopic (exact) mass is 365 g/mol. The lowest BCUT2D eigenvalue weighted by Gasteiger charge is -2.26. The number of carbonyl (C=O) groups excluding carboxylic acids is 1. The molecule has 3 heterocycles. The van der Waals surface area contributed by atoms with Crippen molar-refractivity contribution in [3.05, 3.63) is 42.0 Å². The fourth-order valence-corrected chi connectivity index (χ4v) is 3.68. The maximum Gasteiger partial charge on any atom is 0.254 e. The van der Waals surface area contributed by atoms with Crippen molar-refractivity contribution in [2.75, 3.05) is 26.3 Å². The Morgan fingerprint density at radius 1 is 1.04 bits per heavy atom. The fourth-order valence-electron chi connectivity index (χ4n) is 3.16. The van der Waals surface area contributed by atoms with E-state index >= 15 is 0 Å². The molecule has 130 valence electrons. The number of amides is 1. The number of morpholine rings is 1. The number of aromatic nitrogens is 4. The van der Waals surface area contributed by atoms with E-state index in [4.69, 9.17) is 4.74 Å². The Morgan fingerprint density at radius 3 is 2.73 bits per heavy atom. The van der Waals surface area contributed by atoms with Crippen molar-refractivity contribution in [1.29, 1.82) is 0 Å². The topological polar surface area (TPSA) is 84.0 Å². The number of fused-ring (bicyclic) bond motifs is 2. The second-order valence-corrected chi connectivity index (χ2v) is 6.72. The second kappa shape index (κ2) is 6.15. The van der Waals surface area contributed by atoms with Crippen molar-refractivity contribution >= 4 is 39.7 Å². The zero-order valence-corrected chi connectivity index (χ0v) is 14.6. The van der Waals surface area contributed by atoms with Crippen molar-refractivity contribution < 1.29 is 9.53 Å². The van der Waals surface area contributed by atoms with Crippen molar-refractivity contribution in [3.63, 3.8) is 0 Å². The maximum atomic E-state index is 12.7. The molecule has 0 saturated carbocycles. The van der Waals surface area contributed by atoms with E-state index in [0.717, 1.165) is 33.5 Å². The van der Waals surface area contributed by atoms with Gasteiger partial charge in [-0.05, 0) is 36.4 Å². The molecule has 2 aromatic heterocycles. The molecule has 5 rings (SSSR count). The molecule has 1 fully saturated rings. The number of hydrogen-bond donors (Lipinski definition) is 1. The molecule has 1 amide bonds. The normalized spacial score (nSPS) is 15.0. The molecule has 8 heteroatoms. The van der Waals surface area contributed by atoms with Gasteiger partial charge in [-0.1, -0.05) is 0 Å². The molecule has 26 heavy (non-hydrogen) atoms. The third-order valence-electron chi connectivity index (χ3n) is 4.55. The summed E-state index contributed by atoms with van der Waals surface area (Å²) in [5.41, 5.74) is 5.02. The van der Waals surface area contributed by atoms with Crippen LogP contribution >= 0.6 is 11.7 Å². The molecule has 0 radical (unpaired) electrons. The zero-order valence-electron chi connectivity index (χ0n) is 13.8. The number of imidazole rings is 1. The molecule has 0 bridgehead atoms. The van der Waals surface area contributed by atoms with E-state index in [2.05, 4.69) is 18.7 Å². The molecule has 0 atom stereocenters. The molecule has 1 aliphatic rings. The van der Waals surface area contributed by atoms with Crippen LogP contribution in [0.5, 0.6) is 0 Å². The fraction of sp³-hybridized carbons (Fsp3) is 0.222. The molecule has 2 aromatic carbocycles. The van der Waals surface area contributed by atoms with Crippen LogP contribution in [-0.2, 0) is 4.74 Å². The largest absolute Gasteiger partial charge is 0.378 e. The van der Waals surface area contributed by atoms with E-state index in [1.54, 1.807) is 0 Å². The minimum absolute atomic E-state index is 0.0290. The van der Waals surface area contributed by atoms with Gasteiger partial charge in [0, 0.05) is 24.2 Å². The predicted molar refractivity (Wildman–Crippen MR) is 99.2 cm³/mol. The summed E-state index contributed by atoms with van der Waals surface area (Å²) in [6.45, 7) is 2.45. The van der Waals surface area contributed by atoms with Gasteiger partial charge in [0.25, 0.3) is 5.91 Å². The lowest BCUT2D eigenvalue weighted by Crippen LogP contribution is -2.40. The highest BCUT2D eigenvalue weighted by atomic mass is 32.1. The summed E-state index contributed by atoms with van der Waals surface area (Å²) < 4.78 is 13.8. The van der Waals surface area contributed by atoms with E-state index < -0.39 is 0 Å². The summed E-state index contributed by atoms with van der Waals surface area (Å²) >= 11 is 1.20. The number of nitrogens with one attached hydrogen (secondary N) is 1. The van der Waals surface area contributed by atoms with Crippen LogP contribution < -0.4 is 0 Å². The molecule has 7 nitrogen and oxygen atoms in total. The third kappa shape index (κ3) is 2.63. The number of carbonyl (C=O) groups is 1. The first-order valence-corrected chi connectivity index (χ1v) is 9.10. The number of nitrogens with zero attached hydrogens (tertiary/aromatic N) is 4. The molecule has 0 spiro atoms. The lowest BCUT2D eigenvalue weighted by molar-refractivity contribution is 0.0303. The predicted octanol–water partition coefficient (Wildman–Crippen LogP) is 2.71. The lowest BCUT2D eigenvalue weighted by atomic mass is 10.1. The van der Waals surface area contributed by atoms with Crippen LogP contribution in [-0.4, -0.2) is 55.8 Å². The van der Waals surface area contributed by atoms with Crippen molar-refractivity contribution in [2.24, 2.45) is 0 Å². The van der Waals surface area contributed by atoms with Crippen LogP contribution in [0, 0.1) is 0 Å². The van der Waals surface area contributed by atoms with Crippen molar-refractivity contribution in [2.45, 2.75) is 0 Å². The SMILES string of the molecule is O=C(c1ccc2nc(-c3ccc4nsnc4c3)[nH]c2c1)N1CCOCC1. The van der Waals surface area contributed by atoms with E-state index in [-0.39, 0.29) is 5.91 Å². The molecule has 1 aliphatic heterocycles. The average molecular weight is 365 g/mol. The van der Waals surface area contributed by atoms with Gasteiger partial charge in [0.05, 0.1) is 36.0 Å². The Balaban J connectivity index is 1.50. The van der Waals surface area contributed by atoms with Crippen LogP contribution in [0.15, 0.2) is 36.4 Å². The van der Waals surface area contributed by atoms with Gasteiger partial charge in [0.15, 0.2) is 0 Å². The number of aromatic amines is 1. The first kappa shape index (κ1) is 15.4. The highest BCUT2D eigenvalue weighted by Crippen LogP contribution is 2.24. The van der Waals surface area contributed by atoms with E-state index in [0.29, 0.717) is 31.9 Å². The van der Waals surface area contributed by atoms with Gasteiger partial charge >= 0.3 is 0 Å². The summed E-state index contributed by atoms with van der Waals surface area (Å²) in [7, 11) is 0. The van der Waals surface area contributed by atoms with Gasteiger partial charge in [-0.15, -0.1) is 0 Å². The van der Waals surface area contributed by atoms with Gasteiger partial charge < -0.3 is 14.6 Å². The molecule has 1 saturated heterocycles. The second-order valence-electron chi connectivity index (χ2n) is 6.19. The minimum atomic E-state index is 0.0290. The van der Waals surface area contributed by atoms with Gasteiger partial charge in [-0.3, -0.25) is 4.79 Å². The van der Waals surface area contributed by atoms with E-state index in [9.17, 15) is 4.79 Å². The standard InChI is InChI=1S/C18H15N5O2S/c24-18(23-5-7-25-8-6-23)12-2-3-13-15(10-12)20-17(19-13)11-1-4-14-16(9-11)22-26-21-14/h1-4,9-10H,5-8H2,(H,19,20). The highest BCUT2D eigenvalue weighted by molar-refractivity contribution is 7.00. The number of H-pyrrole nitrogens is 1. The molecular weight excluding hydrogens is 350 g/mol. The molecule has 0 unspecified atom stereocenters. The Labute approximate surface area is 152 Å². The van der Waals surface area contributed by atoms with Crippen LogP contribution in [0.2, 0.25) is 0 Å². The number of hydrogen-bond acceptors (Lipinski definition) is 6. The summed E-state index contributed by atoms with van der Waals surface area (Å²) in [6, 6.07) is 11.5. The van der Waals surface area contributed by atoms with Crippen LogP contribution in [0.3, 0.4) is 0 Å². The minimum Gasteiger partial charge on any atom is -0.378 e. The van der Waals surface area contributed by atoms with Crippen molar-refractivity contribution in [3.8, 4) is 11.4 Å². The number of ether oxygens (including phenoxy) is 1. The third-order valence-corrected chi connectivity index (χ3v) is 5.11. The van der Waals surface area contributed by atoms with E-state index in [1.165, 1.54) is 11.7 Å². The highest BCUT2D eigenvalue weighted by Gasteiger charge is 2.19. The molecule has 0 aliphatic carbocycles. The first-order valence-electron chi connectivity index (χ1n) is 8.37. The van der Waals surface area contributed by atoms with Crippen LogP contribution in [0.25, 0.3) is 33.5 Å². The summed E-state index contributed by atoms with van der Waals surface area (Å²) in [5.74, 6) is 0.784. The summed E-state index contributed by atoms with van der Waals surface area (Å²) in [5, 5.41) is 0. The molecule has 4 aromatic rings. The van der Waals surface area contributed by atoms with Crippen LogP contribution in [0.1, 0.15) is 10.4 Å². The zero-order chi connectivity index (χ0) is 17.5. The number of rotatable bonds is 2. The smallest absolute Gasteiger partial charge is 0.254 e. The summed E-state index contributed by atoms with van der Waals surface area (Å²) in [6.07, 6.45) is 0. The molecule has 1 N–H and O–H groups in total. The number of benzene rings is 2. The van der Waals surface area contributed by atoms with Crippen LogP contribution in [0.4, 0.5) is 0 Å². The van der Waals surface area contributed by atoms with Crippen molar-refractivity contribution in [1.82, 2.24) is 23.6 Å². The van der Waals surface area contributed by atoms with Gasteiger partial charge in [0.1, 0.15) is 16.9 Å². The first-order chi connectivity index (χ1) is 12.8. The Hall–Kier alpha value is -2.84. The quantitative estimate of drug-likeness (QED) is 0.590. The Morgan fingerprint density at radius 2 is 1.85 bits per heavy atom. The van der Waals surface area contributed by atoms with Gasteiger partial charge in [-0.25, -0.2) is 4.98 Å². The Bertz CT molecular complexity index is 1110. The average Bonchev–Trinajstić information content (AvgIpc) is 3.33. The van der Waals surface area contributed by atoms with Gasteiger partial charge in [-0.2, -0.15) is 8.75 Å². The summed E-state index contributed by atoms with van der Waals surface area (Å²) in [4.78, 5) is 22.4. The van der Waals surface area contributed by atoms with Gasteiger partial charge in [0.2, 0.25) is 0 Å². The Kier molecular flexibility index (Phi) is 3.65. The van der Waals surface area contributed by atoms with E-state index in [1.807, 2.05) is 41.3 Å². The molecular formula is C18H15N5O2S. The maximum absolute atomic E-state index is 12.7.